The minimum absolute atomic E-state index is 0.270. The van der Waals surface area contributed by atoms with E-state index in [1.165, 1.54) is 11.1 Å². The van der Waals surface area contributed by atoms with Crippen LogP contribution in [0, 0.1) is 18.3 Å². The first-order chi connectivity index (χ1) is 9.80. The summed E-state index contributed by atoms with van der Waals surface area (Å²) in [5, 5.41) is 3.62. The van der Waals surface area contributed by atoms with Crippen LogP contribution in [0.3, 0.4) is 0 Å². The van der Waals surface area contributed by atoms with Crippen molar-refractivity contribution in [2.24, 2.45) is 11.3 Å². The molecule has 118 valence electrons. The molecule has 2 rings (SSSR count). The lowest BCUT2D eigenvalue weighted by Gasteiger charge is -2.36. The van der Waals surface area contributed by atoms with Gasteiger partial charge in [0.05, 0.1) is 0 Å². The number of hydrogen-bond acceptors (Lipinski definition) is 2. The summed E-state index contributed by atoms with van der Waals surface area (Å²) in [7, 11) is 0. The van der Waals surface area contributed by atoms with Gasteiger partial charge in [0.2, 0.25) is 0 Å². The molecule has 1 aromatic carbocycles. The molecule has 0 amide bonds. The third kappa shape index (κ3) is 4.00. The van der Waals surface area contributed by atoms with E-state index < -0.39 is 0 Å². The molecule has 0 aromatic heterocycles. The molecule has 0 bridgehead atoms. The molecule has 0 saturated heterocycles. The highest BCUT2D eigenvalue weighted by atomic mass is 16.5. The van der Waals surface area contributed by atoms with E-state index in [9.17, 15) is 0 Å². The molecule has 2 heteroatoms. The number of benzene rings is 1. The van der Waals surface area contributed by atoms with Gasteiger partial charge < -0.3 is 10.1 Å². The van der Waals surface area contributed by atoms with Crippen molar-refractivity contribution in [2.75, 3.05) is 6.54 Å². The van der Waals surface area contributed by atoms with Crippen LogP contribution < -0.4 is 10.1 Å². The van der Waals surface area contributed by atoms with Crippen LogP contribution in [0.25, 0.3) is 0 Å². The molecule has 1 aliphatic rings. The van der Waals surface area contributed by atoms with E-state index in [0.29, 0.717) is 18.1 Å². The summed E-state index contributed by atoms with van der Waals surface area (Å²) in [4.78, 5) is 0. The zero-order valence-electron chi connectivity index (χ0n) is 14.5. The van der Waals surface area contributed by atoms with Crippen molar-refractivity contribution in [3.05, 3.63) is 29.3 Å². The van der Waals surface area contributed by atoms with E-state index in [4.69, 9.17) is 4.74 Å². The lowest BCUT2D eigenvalue weighted by atomic mass is 9.74. The molecule has 1 N–H and O–H groups in total. The number of rotatable bonds is 6. The first-order valence-corrected chi connectivity index (χ1v) is 8.30. The van der Waals surface area contributed by atoms with Crippen LogP contribution in [0.2, 0.25) is 0 Å². The second-order valence-corrected chi connectivity index (χ2v) is 7.60. The topological polar surface area (TPSA) is 21.3 Å². The summed E-state index contributed by atoms with van der Waals surface area (Å²) in [6.07, 6.45) is 2.49. The van der Waals surface area contributed by atoms with Gasteiger partial charge >= 0.3 is 0 Å². The van der Waals surface area contributed by atoms with Gasteiger partial charge in [0, 0.05) is 19.0 Å². The average molecular weight is 289 g/mol. The predicted molar refractivity (Wildman–Crippen MR) is 90.0 cm³/mol. The Bertz CT molecular complexity index is 480. The Hall–Kier alpha value is -1.02. The summed E-state index contributed by atoms with van der Waals surface area (Å²) < 4.78 is 6.19. The van der Waals surface area contributed by atoms with E-state index in [1.54, 1.807) is 0 Å². The molecule has 2 unspecified atom stereocenters. The van der Waals surface area contributed by atoms with E-state index in [-0.39, 0.29) is 5.41 Å². The van der Waals surface area contributed by atoms with Crippen LogP contribution in [0.5, 0.6) is 5.75 Å². The maximum absolute atomic E-state index is 6.19. The standard InChI is InChI=1S/C19H31NO/c1-13(2)19(6,12-20-14(3)4)11-17-10-16-9-15(5)7-8-18(16)21-17/h7-9,13-14,17,20H,10-12H2,1-6H3. The molecule has 0 saturated carbocycles. The van der Waals surface area contributed by atoms with Crippen LogP contribution in [-0.2, 0) is 6.42 Å². The van der Waals surface area contributed by atoms with Gasteiger partial charge in [0.25, 0.3) is 0 Å². The number of ether oxygens (including phenoxy) is 1. The third-order valence-corrected chi connectivity index (χ3v) is 4.96. The summed E-state index contributed by atoms with van der Waals surface area (Å²) in [5.41, 5.74) is 2.97. The molecule has 21 heavy (non-hydrogen) atoms. The van der Waals surface area contributed by atoms with Gasteiger partial charge in [-0.1, -0.05) is 52.3 Å². The fraction of sp³-hybridized carbons (Fsp3) is 0.684. The molecular formula is C19H31NO. The fourth-order valence-corrected chi connectivity index (χ4v) is 3.03. The van der Waals surface area contributed by atoms with Gasteiger partial charge in [0.1, 0.15) is 11.9 Å². The molecule has 0 aliphatic carbocycles. The van der Waals surface area contributed by atoms with Crippen LogP contribution in [0.15, 0.2) is 18.2 Å². The lowest BCUT2D eigenvalue weighted by Crippen LogP contribution is -2.42. The molecule has 1 aliphatic heterocycles. The summed E-state index contributed by atoms with van der Waals surface area (Å²) >= 11 is 0. The maximum Gasteiger partial charge on any atom is 0.123 e. The van der Waals surface area contributed by atoms with Gasteiger partial charge in [-0.15, -0.1) is 0 Å². The Labute approximate surface area is 130 Å². The van der Waals surface area contributed by atoms with Crippen molar-refractivity contribution in [2.45, 2.75) is 66.5 Å². The molecule has 0 spiro atoms. The first-order valence-electron chi connectivity index (χ1n) is 8.30. The quantitative estimate of drug-likeness (QED) is 0.840. The van der Waals surface area contributed by atoms with Gasteiger partial charge in [-0.25, -0.2) is 0 Å². The highest BCUT2D eigenvalue weighted by Crippen LogP contribution is 2.38. The second-order valence-electron chi connectivity index (χ2n) is 7.60. The van der Waals surface area contributed by atoms with Crippen molar-refractivity contribution in [1.29, 1.82) is 0 Å². The van der Waals surface area contributed by atoms with Crippen LogP contribution in [-0.4, -0.2) is 18.7 Å². The third-order valence-electron chi connectivity index (χ3n) is 4.96. The molecule has 2 nitrogen and oxygen atoms in total. The normalized spacial score (nSPS) is 20.5. The maximum atomic E-state index is 6.19. The number of nitrogens with one attached hydrogen (secondary N) is 1. The van der Waals surface area contributed by atoms with E-state index in [2.05, 4.69) is 65.1 Å². The fourth-order valence-electron chi connectivity index (χ4n) is 3.03. The van der Waals surface area contributed by atoms with Crippen molar-refractivity contribution in [1.82, 2.24) is 5.32 Å². The average Bonchev–Trinajstić information content (AvgIpc) is 2.77. The van der Waals surface area contributed by atoms with E-state index >= 15 is 0 Å². The number of hydrogen-bond donors (Lipinski definition) is 1. The SMILES string of the molecule is Cc1ccc2c(c1)CC(CC(C)(CNC(C)C)C(C)C)O2. The largest absolute Gasteiger partial charge is 0.490 e. The van der Waals surface area contributed by atoms with Gasteiger partial charge in [0.15, 0.2) is 0 Å². The van der Waals surface area contributed by atoms with E-state index in [0.717, 1.165) is 25.1 Å². The minimum atomic E-state index is 0.270. The van der Waals surface area contributed by atoms with Crippen molar-refractivity contribution in [3.8, 4) is 5.75 Å². The molecule has 1 aromatic rings. The molecular weight excluding hydrogens is 258 g/mol. The van der Waals surface area contributed by atoms with E-state index in [1.807, 2.05) is 0 Å². The van der Waals surface area contributed by atoms with Crippen molar-refractivity contribution < 1.29 is 4.74 Å². The summed E-state index contributed by atoms with van der Waals surface area (Å²) in [6, 6.07) is 7.08. The Kier molecular flexibility index (Phi) is 4.98. The molecule has 0 fully saturated rings. The summed E-state index contributed by atoms with van der Waals surface area (Å²) in [6.45, 7) is 14.7. The molecule has 0 radical (unpaired) electrons. The first kappa shape index (κ1) is 16.4. The van der Waals surface area contributed by atoms with Crippen molar-refractivity contribution in [3.63, 3.8) is 0 Å². The monoisotopic (exact) mass is 289 g/mol. The predicted octanol–water partition coefficient (Wildman–Crippen LogP) is 4.35. The Morgan fingerprint density at radius 3 is 2.62 bits per heavy atom. The Balaban J connectivity index is 2.03. The zero-order chi connectivity index (χ0) is 15.6. The van der Waals surface area contributed by atoms with Crippen LogP contribution in [0.1, 0.15) is 52.2 Å². The summed E-state index contributed by atoms with van der Waals surface area (Å²) in [5.74, 6) is 1.73. The molecule has 1 heterocycles. The van der Waals surface area contributed by atoms with Crippen molar-refractivity contribution >= 4 is 0 Å². The van der Waals surface area contributed by atoms with Gasteiger partial charge in [-0.2, -0.15) is 0 Å². The zero-order valence-corrected chi connectivity index (χ0v) is 14.5. The van der Waals surface area contributed by atoms with Crippen LogP contribution >= 0.6 is 0 Å². The van der Waals surface area contributed by atoms with Crippen LogP contribution in [0.4, 0.5) is 0 Å². The van der Waals surface area contributed by atoms with Gasteiger partial charge in [-0.3, -0.25) is 0 Å². The Morgan fingerprint density at radius 2 is 2.00 bits per heavy atom. The minimum Gasteiger partial charge on any atom is -0.490 e. The molecule has 2 atom stereocenters. The Morgan fingerprint density at radius 1 is 1.29 bits per heavy atom. The number of aryl methyl sites for hydroxylation is 1. The highest BCUT2D eigenvalue weighted by Gasteiger charge is 2.35. The smallest absolute Gasteiger partial charge is 0.123 e. The highest BCUT2D eigenvalue weighted by molar-refractivity contribution is 5.40. The number of fused-ring (bicyclic) bond motifs is 1. The van der Waals surface area contributed by atoms with Gasteiger partial charge in [-0.05, 0) is 36.3 Å². The second kappa shape index (κ2) is 6.39. The lowest BCUT2D eigenvalue weighted by molar-refractivity contribution is 0.104.